The molecule has 0 fully saturated rings. The molecule has 1 aromatic carbocycles. The summed E-state index contributed by atoms with van der Waals surface area (Å²) in [6.07, 6.45) is 2.00. The quantitative estimate of drug-likeness (QED) is 0.559. The van der Waals surface area contributed by atoms with Crippen LogP contribution >= 0.6 is 0 Å². The van der Waals surface area contributed by atoms with Crippen LogP contribution in [0.15, 0.2) is 76.7 Å². The van der Waals surface area contributed by atoms with Gasteiger partial charge in [0.2, 0.25) is 5.43 Å². The maximum absolute atomic E-state index is 12.6. The number of allylic oxidation sites excluding steroid dienone is 2. The molecule has 1 unspecified atom stereocenters. The molecule has 1 atom stereocenters. The summed E-state index contributed by atoms with van der Waals surface area (Å²) in [6.45, 7) is 0. The molecule has 0 bridgehead atoms. The zero-order valence-corrected chi connectivity index (χ0v) is 17.9. The van der Waals surface area contributed by atoms with Crippen LogP contribution < -0.4 is 5.43 Å². The van der Waals surface area contributed by atoms with Gasteiger partial charge in [0.15, 0.2) is 15.5 Å². The monoisotopic (exact) mass is 478 g/mol. The van der Waals surface area contributed by atoms with Crippen molar-refractivity contribution in [2.45, 2.75) is 23.8 Å². The summed E-state index contributed by atoms with van der Waals surface area (Å²) >= 11 is 0. The summed E-state index contributed by atoms with van der Waals surface area (Å²) in [4.78, 5) is 12.7. The fourth-order valence-electron chi connectivity index (χ4n) is 3.34. The average Bonchev–Trinajstić information content (AvgIpc) is 3.22. The molecule has 0 spiro atoms. The molecule has 0 radical (unpaired) electrons. The van der Waals surface area contributed by atoms with Crippen LogP contribution in [-0.4, -0.2) is 46.7 Å². The summed E-state index contributed by atoms with van der Waals surface area (Å²) in [7, 11) is -3.46. The van der Waals surface area contributed by atoms with Crippen molar-refractivity contribution < 1.29 is 26.3 Å². The Labute approximate surface area is 186 Å². The van der Waals surface area contributed by atoms with Crippen LogP contribution in [0.25, 0.3) is 22.8 Å². The lowest BCUT2D eigenvalue weighted by Gasteiger charge is -2.21. The van der Waals surface area contributed by atoms with Crippen molar-refractivity contribution in [3.05, 3.63) is 77.2 Å². The van der Waals surface area contributed by atoms with Gasteiger partial charge in [-0.25, -0.2) is 17.8 Å². The Hall–Kier alpha value is -3.51. The van der Waals surface area contributed by atoms with Crippen LogP contribution in [-0.2, 0) is 14.6 Å². The highest BCUT2D eigenvalue weighted by Gasteiger charge is 2.34. The zero-order valence-electron chi connectivity index (χ0n) is 17.1. The molecule has 33 heavy (non-hydrogen) atoms. The van der Waals surface area contributed by atoms with Crippen molar-refractivity contribution in [3.8, 4) is 17.1 Å². The van der Waals surface area contributed by atoms with E-state index in [0.29, 0.717) is 11.4 Å². The second kappa shape index (κ2) is 8.45. The number of sulfone groups is 1. The highest BCUT2D eigenvalue weighted by molar-refractivity contribution is 7.90. The predicted molar refractivity (Wildman–Crippen MR) is 113 cm³/mol. The Kier molecular flexibility index (Phi) is 5.80. The molecule has 1 aliphatic carbocycles. The number of halogens is 3. The highest BCUT2D eigenvalue weighted by Crippen LogP contribution is 2.28. The molecule has 12 heteroatoms. The van der Waals surface area contributed by atoms with Crippen LogP contribution in [0.5, 0.6) is 0 Å². The molecular weight excluding hydrogens is 461 g/mol. The Balaban J connectivity index is 1.72. The summed E-state index contributed by atoms with van der Waals surface area (Å²) < 4.78 is 68.4. The van der Waals surface area contributed by atoms with E-state index < -0.39 is 27.7 Å². The summed E-state index contributed by atoms with van der Waals surface area (Å²) in [5.41, 5.74) is 0.595. The van der Waals surface area contributed by atoms with Gasteiger partial charge in [0, 0.05) is 30.6 Å². The number of alkyl halides is 3. The lowest BCUT2D eigenvalue weighted by molar-refractivity contribution is -0.335. The standard InChI is InChI=1S/C21H17F3N4O4S/c1-33(30,31)17-7-3-4-14(13-17)27-11-9-19(29)20(26-27)18-8-10-25-28(18)15-5-2-6-16(12-15)32-21(22,23)24/h2-11,13,16H,12H2,1H3. The third-order valence-electron chi connectivity index (χ3n) is 4.79. The van der Waals surface area contributed by atoms with Crippen molar-refractivity contribution in [1.82, 2.24) is 19.6 Å². The van der Waals surface area contributed by atoms with E-state index in [4.69, 9.17) is 0 Å². The zero-order chi connectivity index (χ0) is 23.8. The van der Waals surface area contributed by atoms with Gasteiger partial charge in [-0.2, -0.15) is 10.2 Å². The van der Waals surface area contributed by atoms with E-state index in [2.05, 4.69) is 14.9 Å². The normalized spacial score (nSPS) is 16.6. The summed E-state index contributed by atoms with van der Waals surface area (Å²) in [5.74, 6) is 0. The van der Waals surface area contributed by atoms with Gasteiger partial charge in [0.1, 0.15) is 0 Å². The van der Waals surface area contributed by atoms with Gasteiger partial charge in [-0.1, -0.05) is 18.2 Å². The molecule has 0 amide bonds. The first-order valence-electron chi connectivity index (χ1n) is 9.58. The van der Waals surface area contributed by atoms with Gasteiger partial charge < -0.3 is 0 Å². The fraction of sp³-hybridized carbons (Fsp3) is 0.190. The Morgan fingerprint density at radius 3 is 2.70 bits per heavy atom. The first-order valence-corrected chi connectivity index (χ1v) is 11.5. The molecule has 2 aromatic heterocycles. The van der Waals surface area contributed by atoms with Gasteiger partial charge in [-0.15, -0.1) is 13.2 Å². The van der Waals surface area contributed by atoms with E-state index in [1.807, 2.05) is 0 Å². The topological polar surface area (TPSA) is 96.1 Å². The Morgan fingerprint density at radius 2 is 1.97 bits per heavy atom. The molecule has 0 saturated heterocycles. The second-order valence-corrected chi connectivity index (χ2v) is 9.24. The fourth-order valence-corrected chi connectivity index (χ4v) is 4.00. The smallest absolute Gasteiger partial charge is 0.287 e. The maximum atomic E-state index is 12.6. The molecule has 8 nitrogen and oxygen atoms in total. The molecule has 0 saturated carbocycles. The van der Waals surface area contributed by atoms with E-state index in [-0.39, 0.29) is 22.7 Å². The third kappa shape index (κ3) is 5.12. The number of ether oxygens (including phenoxy) is 1. The average molecular weight is 478 g/mol. The molecule has 3 aromatic rings. The molecule has 0 aliphatic heterocycles. The van der Waals surface area contributed by atoms with Crippen molar-refractivity contribution >= 4 is 15.5 Å². The van der Waals surface area contributed by atoms with E-state index in [0.717, 1.165) is 6.26 Å². The number of nitrogens with zero attached hydrogens (tertiary/aromatic N) is 4. The Bertz CT molecular complexity index is 1420. The van der Waals surface area contributed by atoms with Crippen molar-refractivity contribution in [3.63, 3.8) is 0 Å². The highest BCUT2D eigenvalue weighted by atomic mass is 32.2. The molecule has 0 N–H and O–H groups in total. The van der Waals surface area contributed by atoms with Crippen molar-refractivity contribution in [2.75, 3.05) is 6.26 Å². The van der Waals surface area contributed by atoms with Gasteiger partial charge in [0.05, 0.1) is 28.6 Å². The minimum Gasteiger partial charge on any atom is -0.287 e. The van der Waals surface area contributed by atoms with Crippen molar-refractivity contribution in [1.29, 1.82) is 0 Å². The summed E-state index contributed by atoms with van der Waals surface area (Å²) in [6, 6.07) is 8.81. The third-order valence-corrected chi connectivity index (χ3v) is 5.90. The maximum Gasteiger partial charge on any atom is 0.523 e. The summed E-state index contributed by atoms with van der Waals surface area (Å²) in [5, 5.41) is 8.48. The van der Waals surface area contributed by atoms with Crippen molar-refractivity contribution in [2.24, 2.45) is 0 Å². The molecule has 172 valence electrons. The van der Waals surface area contributed by atoms with Gasteiger partial charge >= 0.3 is 6.36 Å². The number of rotatable bonds is 5. The predicted octanol–water partition coefficient (Wildman–Crippen LogP) is 3.21. The minimum atomic E-state index is -4.79. The SMILES string of the molecule is CS(=O)(=O)c1cccc(-n2ccc(=O)c(-c3ccnn3C3=CC=CC(OC(F)(F)F)C3)n2)c1. The van der Waals surface area contributed by atoms with E-state index in [1.165, 1.54) is 58.2 Å². The van der Waals surface area contributed by atoms with E-state index in [9.17, 15) is 26.4 Å². The largest absolute Gasteiger partial charge is 0.523 e. The number of benzene rings is 1. The van der Waals surface area contributed by atoms with Crippen LogP contribution in [0.4, 0.5) is 13.2 Å². The second-order valence-electron chi connectivity index (χ2n) is 7.22. The number of hydrogen-bond donors (Lipinski definition) is 0. The van der Waals surface area contributed by atoms with E-state index in [1.54, 1.807) is 18.2 Å². The Morgan fingerprint density at radius 1 is 1.18 bits per heavy atom. The lowest BCUT2D eigenvalue weighted by Crippen LogP contribution is -2.25. The molecule has 4 rings (SSSR count). The molecule has 2 heterocycles. The molecular formula is C21H17F3N4O4S. The lowest BCUT2D eigenvalue weighted by atomic mass is 10.1. The van der Waals surface area contributed by atoms with Gasteiger partial charge in [-0.3, -0.25) is 9.53 Å². The van der Waals surface area contributed by atoms with Gasteiger partial charge in [-0.05, 0) is 30.3 Å². The number of hydrogen-bond acceptors (Lipinski definition) is 6. The van der Waals surface area contributed by atoms with Crippen LogP contribution in [0, 0.1) is 0 Å². The molecule has 1 aliphatic rings. The van der Waals surface area contributed by atoms with E-state index >= 15 is 0 Å². The first kappa shape index (κ1) is 22.7. The van der Waals surface area contributed by atoms with Gasteiger partial charge in [0.25, 0.3) is 0 Å². The first-order chi connectivity index (χ1) is 15.5. The minimum absolute atomic E-state index is 0.0106. The van der Waals surface area contributed by atoms with Crippen LogP contribution in [0.2, 0.25) is 0 Å². The van der Waals surface area contributed by atoms with Crippen LogP contribution in [0.3, 0.4) is 0 Å². The number of aromatic nitrogens is 4. The van der Waals surface area contributed by atoms with Crippen LogP contribution in [0.1, 0.15) is 6.42 Å².